The zero-order valence-corrected chi connectivity index (χ0v) is 16.8. The van der Waals surface area contributed by atoms with E-state index >= 15 is 0 Å². The van der Waals surface area contributed by atoms with E-state index in [-0.39, 0.29) is 11.1 Å². The van der Waals surface area contributed by atoms with Crippen molar-refractivity contribution in [2.24, 2.45) is 0 Å². The van der Waals surface area contributed by atoms with Crippen LogP contribution in [0.4, 0.5) is 0 Å². The minimum Gasteiger partial charge on any atom is -0.460 e. The van der Waals surface area contributed by atoms with Crippen molar-refractivity contribution in [2.45, 2.75) is 64.8 Å². The molecule has 140 valence electrons. The van der Waals surface area contributed by atoms with Crippen molar-refractivity contribution in [1.82, 2.24) is 5.32 Å². The summed E-state index contributed by atoms with van der Waals surface area (Å²) in [6.07, 6.45) is 5.90. The first-order valence-electron chi connectivity index (χ1n) is 9.35. The lowest BCUT2D eigenvalue weighted by Crippen LogP contribution is -2.46. The molecule has 1 N–H and O–H groups in total. The fraction of sp³-hybridized carbons (Fsp3) is 0.524. The molecular weight excluding hydrogens is 346 g/mol. The number of rotatable bonds is 3. The van der Waals surface area contributed by atoms with Gasteiger partial charge in [-0.2, -0.15) is 0 Å². The number of thiocarbonyl (C=S) groups is 1. The summed E-state index contributed by atoms with van der Waals surface area (Å²) in [6, 6.07) is 4.27. The highest BCUT2D eigenvalue weighted by atomic mass is 32.1. The molecule has 2 aliphatic rings. The van der Waals surface area contributed by atoms with Crippen LogP contribution >= 0.6 is 12.2 Å². The molecular formula is C21H27NO3S. The summed E-state index contributed by atoms with van der Waals surface area (Å²) in [5, 5.41) is 3.29. The number of nitrogens with one attached hydrogen (secondary N) is 1. The lowest BCUT2D eigenvalue weighted by molar-refractivity contribution is -0.116. The second-order valence-corrected chi connectivity index (χ2v) is 7.66. The Morgan fingerprint density at radius 1 is 1.23 bits per heavy atom. The van der Waals surface area contributed by atoms with Crippen LogP contribution in [-0.4, -0.2) is 23.8 Å². The maximum atomic E-state index is 13.1. The highest BCUT2D eigenvalue weighted by molar-refractivity contribution is 7.79. The van der Waals surface area contributed by atoms with Gasteiger partial charge in [0.25, 0.3) is 5.91 Å². The van der Waals surface area contributed by atoms with E-state index in [1.165, 1.54) is 19.1 Å². The van der Waals surface area contributed by atoms with Crippen molar-refractivity contribution in [2.75, 3.05) is 7.11 Å². The van der Waals surface area contributed by atoms with Crippen LogP contribution < -0.4 is 5.32 Å². The van der Waals surface area contributed by atoms with E-state index < -0.39 is 5.54 Å². The summed E-state index contributed by atoms with van der Waals surface area (Å²) in [5.74, 6) is 0.582. The number of hydrogen-bond acceptors (Lipinski definition) is 4. The van der Waals surface area contributed by atoms with Crippen molar-refractivity contribution in [1.29, 1.82) is 0 Å². The van der Waals surface area contributed by atoms with E-state index in [9.17, 15) is 4.79 Å². The molecule has 4 nitrogen and oxygen atoms in total. The van der Waals surface area contributed by atoms with Crippen LogP contribution in [0.2, 0.25) is 0 Å². The van der Waals surface area contributed by atoms with E-state index in [1.54, 1.807) is 0 Å². The SMILES string of the molecule is CCc1cc(C)cc(C)c1C1=C(OC(=S)OC)C2(CCCCC2)NC1=O. The number of benzene rings is 1. The van der Waals surface area contributed by atoms with Crippen LogP contribution in [0.3, 0.4) is 0 Å². The number of methoxy groups -OCH3 is 1. The number of amides is 1. The zero-order chi connectivity index (χ0) is 18.9. The topological polar surface area (TPSA) is 47.6 Å². The smallest absolute Gasteiger partial charge is 0.357 e. The lowest BCUT2D eigenvalue weighted by Gasteiger charge is -2.35. The Hall–Kier alpha value is -1.88. The van der Waals surface area contributed by atoms with E-state index in [0.717, 1.165) is 48.8 Å². The Bertz CT molecular complexity index is 776. The Balaban J connectivity index is 2.23. The van der Waals surface area contributed by atoms with Gasteiger partial charge in [0.15, 0.2) is 0 Å². The van der Waals surface area contributed by atoms with Gasteiger partial charge in [-0.1, -0.05) is 43.9 Å². The summed E-state index contributed by atoms with van der Waals surface area (Å²) >= 11 is 5.18. The Morgan fingerprint density at radius 2 is 1.92 bits per heavy atom. The van der Waals surface area contributed by atoms with Gasteiger partial charge >= 0.3 is 5.24 Å². The van der Waals surface area contributed by atoms with Crippen LogP contribution in [0.5, 0.6) is 0 Å². The molecule has 1 spiro atoms. The molecule has 26 heavy (non-hydrogen) atoms. The van der Waals surface area contributed by atoms with Gasteiger partial charge in [-0.25, -0.2) is 0 Å². The number of ether oxygens (including phenoxy) is 2. The van der Waals surface area contributed by atoms with Crippen molar-refractivity contribution in [3.05, 3.63) is 40.1 Å². The van der Waals surface area contributed by atoms with Crippen LogP contribution in [-0.2, 0) is 20.7 Å². The molecule has 1 saturated carbocycles. The third-order valence-electron chi connectivity index (χ3n) is 5.49. The van der Waals surface area contributed by atoms with Crippen molar-refractivity contribution >= 4 is 28.9 Å². The molecule has 5 heteroatoms. The summed E-state index contributed by atoms with van der Waals surface area (Å²) in [6.45, 7) is 6.25. The molecule has 0 atom stereocenters. The van der Waals surface area contributed by atoms with Gasteiger partial charge in [0.05, 0.1) is 18.2 Å². The minimum atomic E-state index is -0.463. The molecule has 0 unspecified atom stereocenters. The average Bonchev–Trinajstić information content (AvgIpc) is 2.86. The normalized spacial score (nSPS) is 18.8. The Morgan fingerprint density at radius 3 is 2.54 bits per heavy atom. The van der Waals surface area contributed by atoms with E-state index in [0.29, 0.717) is 11.3 Å². The number of hydrogen-bond donors (Lipinski definition) is 1. The molecule has 3 rings (SSSR count). The molecule has 1 heterocycles. The van der Waals surface area contributed by atoms with Crippen molar-refractivity contribution < 1.29 is 14.3 Å². The van der Waals surface area contributed by atoms with E-state index in [4.69, 9.17) is 21.7 Å². The minimum absolute atomic E-state index is 0.0572. The number of aryl methyl sites for hydroxylation is 3. The van der Waals surface area contributed by atoms with Gasteiger partial charge in [-0.15, -0.1) is 0 Å². The maximum absolute atomic E-state index is 13.1. The van der Waals surface area contributed by atoms with Crippen LogP contribution in [0, 0.1) is 13.8 Å². The summed E-state index contributed by atoms with van der Waals surface area (Å²) in [7, 11) is 1.49. The van der Waals surface area contributed by atoms with E-state index in [1.807, 2.05) is 0 Å². The summed E-state index contributed by atoms with van der Waals surface area (Å²) in [4.78, 5) is 13.1. The molecule has 1 aliphatic heterocycles. The molecule has 1 fully saturated rings. The molecule has 0 saturated heterocycles. The fourth-order valence-electron chi connectivity index (χ4n) is 4.38. The van der Waals surface area contributed by atoms with E-state index in [2.05, 4.69) is 38.2 Å². The lowest BCUT2D eigenvalue weighted by atomic mass is 9.80. The van der Waals surface area contributed by atoms with Gasteiger partial charge in [0.2, 0.25) is 0 Å². The third kappa shape index (κ3) is 3.25. The van der Waals surface area contributed by atoms with Crippen LogP contribution in [0.1, 0.15) is 61.3 Å². The maximum Gasteiger partial charge on any atom is 0.357 e. The van der Waals surface area contributed by atoms with Gasteiger partial charge in [-0.3, -0.25) is 4.79 Å². The third-order valence-corrected chi connectivity index (χ3v) is 5.74. The molecule has 1 amide bonds. The van der Waals surface area contributed by atoms with Gasteiger partial charge in [0, 0.05) is 12.2 Å². The quantitative estimate of drug-likeness (QED) is 0.800. The van der Waals surface area contributed by atoms with Crippen molar-refractivity contribution in [3.63, 3.8) is 0 Å². The van der Waals surface area contributed by atoms with Gasteiger partial charge < -0.3 is 14.8 Å². The largest absolute Gasteiger partial charge is 0.460 e. The highest BCUT2D eigenvalue weighted by Gasteiger charge is 2.48. The highest BCUT2D eigenvalue weighted by Crippen LogP contribution is 2.44. The molecule has 1 aromatic carbocycles. The van der Waals surface area contributed by atoms with Gasteiger partial charge in [-0.05, 0) is 49.8 Å². The molecule has 1 aromatic rings. The average molecular weight is 374 g/mol. The Kier molecular flexibility index (Phi) is 5.37. The fourth-order valence-corrected chi connectivity index (χ4v) is 4.46. The summed E-state index contributed by atoms with van der Waals surface area (Å²) in [5.41, 5.74) is 4.58. The number of carbonyl (C=O) groups is 1. The second kappa shape index (κ2) is 7.39. The first-order chi connectivity index (χ1) is 12.4. The first kappa shape index (κ1) is 18.9. The van der Waals surface area contributed by atoms with Crippen LogP contribution in [0.15, 0.2) is 17.9 Å². The van der Waals surface area contributed by atoms with Crippen LogP contribution in [0.25, 0.3) is 5.57 Å². The van der Waals surface area contributed by atoms with Crippen molar-refractivity contribution in [3.8, 4) is 0 Å². The predicted octanol–water partition coefficient (Wildman–Crippen LogP) is 4.36. The first-order valence-corrected chi connectivity index (χ1v) is 9.76. The van der Waals surface area contributed by atoms with Gasteiger partial charge in [0.1, 0.15) is 5.76 Å². The standard InChI is InChI=1S/C21H27NO3S/c1-5-15-12-13(2)11-14(3)16(15)17-18(25-20(26)24-4)21(22-19(17)23)9-7-6-8-10-21/h11-12H,5-10H2,1-4H3,(H,22,23). The Labute approximate surface area is 161 Å². The number of carbonyl (C=O) groups excluding carboxylic acids is 1. The monoisotopic (exact) mass is 373 g/mol. The summed E-state index contributed by atoms with van der Waals surface area (Å²) < 4.78 is 11.1. The molecule has 1 aliphatic carbocycles. The predicted molar refractivity (Wildman–Crippen MR) is 107 cm³/mol. The molecule has 0 aromatic heterocycles. The second-order valence-electron chi connectivity index (χ2n) is 7.33. The zero-order valence-electron chi connectivity index (χ0n) is 16.0. The molecule has 0 radical (unpaired) electrons. The molecule has 0 bridgehead atoms.